The van der Waals surface area contributed by atoms with E-state index < -0.39 is 0 Å². The van der Waals surface area contributed by atoms with Crippen LogP contribution in [0.4, 0.5) is 11.4 Å². The lowest BCUT2D eigenvalue weighted by Gasteiger charge is -2.18. The van der Waals surface area contributed by atoms with Gasteiger partial charge in [-0.2, -0.15) is 0 Å². The maximum Gasteiger partial charge on any atom is 0.259 e. The number of nitrogens with zero attached hydrogens (tertiary/aromatic N) is 2. The second kappa shape index (κ2) is 7.44. The summed E-state index contributed by atoms with van der Waals surface area (Å²) in [7, 11) is 0. The molecule has 2 heterocycles. The first kappa shape index (κ1) is 18.1. The average Bonchev–Trinajstić information content (AvgIpc) is 3.22. The van der Waals surface area contributed by atoms with Gasteiger partial charge in [0.15, 0.2) is 0 Å². The molecule has 0 atom stereocenters. The van der Waals surface area contributed by atoms with Gasteiger partial charge in [0.05, 0.1) is 5.56 Å². The monoisotopic (exact) mass is 393 g/mol. The molecule has 0 radical (unpaired) electrons. The molecule has 1 N–H and O–H groups in total. The van der Waals surface area contributed by atoms with Crippen molar-refractivity contribution in [3.63, 3.8) is 0 Å². The molecule has 30 heavy (non-hydrogen) atoms. The van der Waals surface area contributed by atoms with Crippen molar-refractivity contribution in [2.45, 2.75) is 6.42 Å². The minimum Gasteiger partial charge on any atom is -0.322 e. The quantitative estimate of drug-likeness (QED) is 0.549. The maximum absolute atomic E-state index is 12.9. The van der Waals surface area contributed by atoms with Crippen molar-refractivity contribution in [1.82, 2.24) is 4.98 Å². The lowest BCUT2D eigenvalue weighted by Crippen LogP contribution is -2.29. The number of amides is 2. The highest BCUT2D eigenvalue weighted by Gasteiger charge is 2.26. The number of aromatic nitrogens is 1. The van der Waals surface area contributed by atoms with Crippen LogP contribution in [-0.2, 0) is 6.42 Å². The molecule has 5 heteroatoms. The number of hydrogen-bond acceptors (Lipinski definition) is 3. The van der Waals surface area contributed by atoms with Crippen molar-refractivity contribution in [3.05, 3.63) is 102 Å². The molecule has 0 saturated carbocycles. The maximum atomic E-state index is 12.9. The number of hydrogen-bond donors (Lipinski definition) is 1. The zero-order valence-corrected chi connectivity index (χ0v) is 16.2. The van der Waals surface area contributed by atoms with Crippen LogP contribution in [0.15, 0.2) is 85.2 Å². The van der Waals surface area contributed by atoms with E-state index >= 15 is 0 Å². The highest BCUT2D eigenvalue weighted by molar-refractivity contribution is 6.09. The molecule has 0 fully saturated rings. The van der Waals surface area contributed by atoms with E-state index in [2.05, 4.69) is 10.3 Å². The van der Waals surface area contributed by atoms with Gasteiger partial charge in [0, 0.05) is 35.9 Å². The first-order valence-corrected chi connectivity index (χ1v) is 9.84. The third kappa shape index (κ3) is 3.31. The Bertz CT molecular complexity index is 1270. The fourth-order valence-corrected chi connectivity index (χ4v) is 3.85. The molecule has 0 aliphatic carbocycles. The second-order valence-corrected chi connectivity index (χ2v) is 7.31. The Kier molecular flexibility index (Phi) is 4.48. The van der Waals surface area contributed by atoms with Gasteiger partial charge in [-0.05, 0) is 59.2 Å². The van der Waals surface area contributed by atoms with E-state index in [4.69, 9.17) is 0 Å². The minimum atomic E-state index is -0.177. The van der Waals surface area contributed by atoms with E-state index in [9.17, 15) is 9.59 Å². The van der Waals surface area contributed by atoms with Crippen LogP contribution in [0.2, 0.25) is 0 Å². The molecule has 3 aromatic carbocycles. The lowest BCUT2D eigenvalue weighted by molar-refractivity contribution is 0.0987. The zero-order chi connectivity index (χ0) is 20.5. The van der Waals surface area contributed by atoms with E-state index in [1.165, 1.54) is 0 Å². The topological polar surface area (TPSA) is 62.3 Å². The van der Waals surface area contributed by atoms with E-state index in [1.807, 2.05) is 60.7 Å². The van der Waals surface area contributed by atoms with Crippen LogP contribution < -0.4 is 10.2 Å². The summed E-state index contributed by atoms with van der Waals surface area (Å²) in [6.07, 6.45) is 4.01. The Balaban J connectivity index is 1.40. The molecular formula is C25H19N3O2. The number of nitrogens with one attached hydrogen (secondary N) is 1. The fourth-order valence-electron chi connectivity index (χ4n) is 3.85. The fraction of sp³-hybridized carbons (Fsp3) is 0.0800. The number of rotatable bonds is 3. The van der Waals surface area contributed by atoms with Gasteiger partial charge >= 0.3 is 0 Å². The molecular weight excluding hydrogens is 374 g/mol. The van der Waals surface area contributed by atoms with Crippen LogP contribution in [0.5, 0.6) is 0 Å². The van der Waals surface area contributed by atoms with Gasteiger partial charge < -0.3 is 10.2 Å². The summed E-state index contributed by atoms with van der Waals surface area (Å²) in [6.45, 7) is 0.616. The summed E-state index contributed by atoms with van der Waals surface area (Å²) in [5.41, 5.74) is 3.74. The molecule has 0 bridgehead atoms. The summed E-state index contributed by atoms with van der Waals surface area (Å²) in [5, 5.41) is 5.08. The van der Waals surface area contributed by atoms with Crippen molar-refractivity contribution in [1.29, 1.82) is 0 Å². The third-order valence-corrected chi connectivity index (χ3v) is 5.40. The molecule has 0 spiro atoms. The SMILES string of the molecule is O=C(Nc1ccc2c(c1)N(C(=O)c1cccnc1)CC2)c1ccc2ccccc2c1. The molecule has 2 amide bonds. The Labute approximate surface area is 174 Å². The van der Waals surface area contributed by atoms with E-state index in [-0.39, 0.29) is 11.8 Å². The van der Waals surface area contributed by atoms with Crippen LogP contribution in [-0.4, -0.2) is 23.3 Å². The Morgan fingerprint density at radius 2 is 1.73 bits per heavy atom. The van der Waals surface area contributed by atoms with Gasteiger partial charge in [0.25, 0.3) is 11.8 Å². The standard InChI is InChI=1S/C25H19N3O2/c29-24(20-8-7-17-4-1-2-5-19(17)14-20)27-22-10-9-18-11-13-28(23(18)15-22)25(30)21-6-3-12-26-16-21/h1-10,12,14-16H,11,13H2,(H,27,29). The summed E-state index contributed by atoms with van der Waals surface area (Å²) in [4.78, 5) is 31.5. The molecule has 0 saturated heterocycles. The number of benzene rings is 3. The van der Waals surface area contributed by atoms with Crippen molar-refractivity contribution in [2.75, 3.05) is 16.8 Å². The van der Waals surface area contributed by atoms with Crippen molar-refractivity contribution in [2.24, 2.45) is 0 Å². The highest BCUT2D eigenvalue weighted by atomic mass is 16.2. The molecule has 0 unspecified atom stereocenters. The van der Waals surface area contributed by atoms with Crippen molar-refractivity contribution in [3.8, 4) is 0 Å². The summed E-state index contributed by atoms with van der Waals surface area (Å²) in [5.74, 6) is -0.260. The summed E-state index contributed by atoms with van der Waals surface area (Å²) < 4.78 is 0. The van der Waals surface area contributed by atoms with Crippen LogP contribution in [0.3, 0.4) is 0 Å². The van der Waals surface area contributed by atoms with Crippen LogP contribution in [0.1, 0.15) is 26.3 Å². The van der Waals surface area contributed by atoms with Gasteiger partial charge in [-0.25, -0.2) is 0 Å². The molecule has 4 aromatic rings. The van der Waals surface area contributed by atoms with Crippen molar-refractivity contribution < 1.29 is 9.59 Å². The molecule has 146 valence electrons. The van der Waals surface area contributed by atoms with Gasteiger partial charge in [-0.15, -0.1) is 0 Å². The Hall–Kier alpha value is -3.99. The van der Waals surface area contributed by atoms with Gasteiger partial charge in [0.1, 0.15) is 0 Å². The van der Waals surface area contributed by atoms with Crippen molar-refractivity contribution >= 4 is 34.0 Å². The lowest BCUT2D eigenvalue weighted by atomic mass is 10.1. The zero-order valence-electron chi connectivity index (χ0n) is 16.2. The molecule has 1 aromatic heterocycles. The largest absolute Gasteiger partial charge is 0.322 e. The molecule has 1 aliphatic heterocycles. The van der Waals surface area contributed by atoms with E-state index in [0.29, 0.717) is 23.4 Å². The van der Waals surface area contributed by atoms with Crippen LogP contribution in [0, 0.1) is 0 Å². The smallest absolute Gasteiger partial charge is 0.259 e. The minimum absolute atomic E-state index is 0.0835. The number of pyridine rings is 1. The average molecular weight is 393 g/mol. The summed E-state index contributed by atoms with van der Waals surface area (Å²) >= 11 is 0. The number of fused-ring (bicyclic) bond motifs is 2. The number of carbonyl (C=O) groups is 2. The molecule has 1 aliphatic rings. The van der Waals surface area contributed by atoms with E-state index in [0.717, 1.165) is 28.4 Å². The van der Waals surface area contributed by atoms with Gasteiger partial charge in [-0.1, -0.05) is 36.4 Å². The number of carbonyl (C=O) groups excluding carboxylic acids is 2. The van der Waals surface area contributed by atoms with Crippen LogP contribution >= 0.6 is 0 Å². The Morgan fingerprint density at radius 3 is 2.57 bits per heavy atom. The normalized spacial score (nSPS) is 12.6. The third-order valence-electron chi connectivity index (χ3n) is 5.40. The second-order valence-electron chi connectivity index (χ2n) is 7.31. The van der Waals surface area contributed by atoms with Gasteiger partial charge in [0.2, 0.25) is 0 Å². The highest BCUT2D eigenvalue weighted by Crippen LogP contribution is 2.32. The Morgan fingerprint density at radius 1 is 0.867 bits per heavy atom. The predicted molar refractivity (Wildman–Crippen MR) is 118 cm³/mol. The summed E-state index contributed by atoms with van der Waals surface area (Å²) in [6, 6.07) is 22.8. The molecule has 5 nitrogen and oxygen atoms in total. The predicted octanol–water partition coefficient (Wildman–Crippen LogP) is 4.69. The first-order chi connectivity index (χ1) is 14.7. The first-order valence-electron chi connectivity index (χ1n) is 9.84. The van der Waals surface area contributed by atoms with E-state index in [1.54, 1.807) is 29.4 Å². The molecule has 5 rings (SSSR count). The van der Waals surface area contributed by atoms with Gasteiger partial charge in [-0.3, -0.25) is 14.6 Å². The van der Waals surface area contributed by atoms with Crippen LogP contribution in [0.25, 0.3) is 10.8 Å². The number of anilines is 2.